The van der Waals surface area contributed by atoms with E-state index in [2.05, 4.69) is 48.1 Å². The third-order valence-corrected chi connectivity index (χ3v) is 3.78. The fourth-order valence-corrected chi connectivity index (χ4v) is 2.58. The Kier molecular flexibility index (Phi) is 4.60. The number of hydrogen-bond donors (Lipinski definition) is 1. The van der Waals surface area contributed by atoms with Gasteiger partial charge in [-0.25, -0.2) is 9.97 Å². The molecule has 0 aliphatic carbocycles. The van der Waals surface area contributed by atoms with Gasteiger partial charge in [-0.2, -0.15) is 5.10 Å². The highest BCUT2D eigenvalue weighted by Gasteiger charge is 2.13. The Morgan fingerprint density at radius 2 is 1.95 bits per heavy atom. The summed E-state index contributed by atoms with van der Waals surface area (Å²) in [7, 11) is 1.99. The summed E-state index contributed by atoms with van der Waals surface area (Å²) in [4.78, 5) is 8.95. The third-order valence-electron chi connectivity index (χ3n) is 3.78. The minimum absolute atomic E-state index is 0.297. The molecule has 1 atom stereocenters. The SMILES string of the molecule is CCc1nc(C)cc(NC(C)Cc2c(C)nn(C)c2C)n1. The largest absolute Gasteiger partial charge is 0.367 e. The van der Waals surface area contributed by atoms with E-state index in [9.17, 15) is 0 Å². The van der Waals surface area contributed by atoms with Crippen LogP contribution in [0.2, 0.25) is 0 Å². The number of aromatic nitrogens is 4. The first kappa shape index (κ1) is 15.5. The number of anilines is 1. The van der Waals surface area contributed by atoms with Gasteiger partial charge in [0.25, 0.3) is 0 Å². The summed E-state index contributed by atoms with van der Waals surface area (Å²) < 4.78 is 1.95. The average molecular weight is 287 g/mol. The van der Waals surface area contributed by atoms with Crippen molar-refractivity contribution in [2.24, 2.45) is 7.05 Å². The van der Waals surface area contributed by atoms with Gasteiger partial charge in [-0.1, -0.05) is 6.92 Å². The second kappa shape index (κ2) is 6.24. The molecule has 2 aromatic rings. The van der Waals surface area contributed by atoms with Crippen molar-refractivity contribution in [2.75, 3.05) is 5.32 Å². The second-order valence-electron chi connectivity index (χ2n) is 5.69. The summed E-state index contributed by atoms with van der Waals surface area (Å²) in [6, 6.07) is 2.30. The van der Waals surface area contributed by atoms with Gasteiger partial charge in [-0.3, -0.25) is 4.68 Å². The molecule has 0 fully saturated rings. The molecule has 0 radical (unpaired) electrons. The molecule has 0 amide bonds. The molecule has 2 heterocycles. The van der Waals surface area contributed by atoms with E-state index in [0.717, 1.165) is 35.9 Å². The Balaban J connectivity index is 2.11. The second-order valence-corrected chi connectivity index (χ2v) is 5.69. The standard InChI is InChI=1S/C16H25N5/c1-7-15-17-11(3)9-16(19-15)18-10(2)8-14-12(4)20-21(6)13(14)5/h9-10H,7-8H2,1-6H3,(H,17,18,19). The number of nitrogens with zero attached hydrogens (tertiary/aromatic N) is 4. The van der Waals surface area contributed by atoms with Crippen molar-refractivity contribution in [3.8, 4) is 0 Å². The maximum Gasteiger partial charge on any atom is 0.130 e. The highest BCUT2D eigenvalue weighted by atomic mass is 15.3. The van der Waals surface area contributed by atoms with E-state index in [4.69, 9.17) is 0 Å². The van der Waals surface area contributed by atoms with E-state index < -0.39 is 0 Å². The van der Waals surface area contributed by atoms with Crippen molar-refractivity contribution in [1.82, 2.24) is 19.7 Å². The monoisotopic (exact) mass is 287 g/mol. The van der Waals surface area contributed by atoms with Crippen molar-refractivity contribution in [3.05, 3.63) is 34.5 Å². The predicted octanol–water partition coefficient (Wildman–Crippen LogP) is 2.74. The van der Waals surface area contributed by atoms with Crippen LogP contribution in [0.25, 0.3) is 0 Å². The van der Waals surface area contributed by atoms with E-state index in [1.165, 1.54) is 11.3 Å². The molecule has 1 N–H and O–H groups in total. The smallest absolute Gasteiger partial charge is 0.130 e. The quantitative estimate of drug-likeness (QED) is 0.918. The number of nitrogens with one attached hydrogen (secondary N) is 1. The maximum atomic E-state index is 4.54. The van der Waals surface area contributed by atoms with Gasteiger partial charge in [0, 0.05) is 37.0 Å². The molecular weight excluding hydrogens is 262 g/mol. The molecule has 0 aromatic carbocycles. The Hall–Kier alpha value is -1.91. The van der Waals surface area contributed by atoms with Gasteiger partial charge < -0.3 is 5.32 Å². The Bertz CT molecular complexity index is 630. The maximum absolute atomic E-state index is 4.54. The van der Waals surface area contributed by atoms with Crippen molar-refractivity contribution >= 4 is 5.82 Å². The van der Waals surface area contributed by atoms with Gasteiger partial charge in [0.05, 0.1) is 5.69 Å². The van der Waals surface area contributed by atoms with Crippen LogP contribution >= 0.6 is 0 Å². The van der Waals surface area contributed by atoms with E-state index >= 15 is 0 Å². The minimum Gasteiger partial charge on any atom is -0.367 e. The molecule has 2 aromatic heterocycles. The van der Waals surface area contributed by atoms with Crippen LogP contribution in [0.15, 0.2) is 6.07 Å². The van der Waals surface area contributed by atoms with Crippen molar-refractivity contribution in [2.45, 2.75) is 53.5 Å². The lowest BCUT2D eigenvalue weighted by atomic mass is 10.1. The normalized spacial score (nSPS) is 12.5. The lowest BCUT2D eigenvalue weighted by Gasteiger charge is -2.15. The predicted molar refractivity (Wildman–Crippen MR) is 85.6 cm³/mol. The molecule has 0 aliphatic heterocycles. The van der Waals surface area contributed by atoms with Gasteiger partial charge in [-0.15, -0.1) is 0 Å². The molecule has 0 aliphatic rings. The minimum atomic E-state index is 0.297. The fraction of sp³-hybridized carbons (Fsp3) is 0.562. The molecule has 5 nitrogen and oxygen atoms in total. The summed E-state index contributed by atoms with van der Waals surface area (Å²) in [6.07, 6.45) is 1.79. The van der Waals surface area contributed by atoms with Gasteiger partial charge in [0.2, 0.25) is 0 Å². The van der Waals surface area contributed by atoms with E-state index in [0.29, 0.717) is 6.04 Å². The van der Waals surface area contributed by atoms with Gasteiger partial charge in [0.15, 0.2) is 0 Å². The van der Waals surface area contributed by atoms with Crippen LogP contribution in [-0.4, -0.2) is 25.8 Å². The molecule has 0 bridgehead atoms. The molecule has 0 saturated carbocycles. The molecule has 114 valence electrons. The Morgan fingerprint density at radius 1 is 1.24 bits per heavy atom. The van der Waals surface area contributed by atoms with E-state index in [1.54, 1.807) is 0 Å². The summed E-state index contributed by atoms with van der Waals surface area (Å²) in [5.41, 5.74) is 4.66. The Labute approximate surface area is 126 Å². The first-order valence-electron chi connectivity index (χ1n) is 7.50. The van der Waals surface area contributed by atoms with Crippen LogP contribution < -0.4 is 5.32 Å². The van der Waals surface area contributed by atoms with E-state index in [1.807, 2.05) is 24.7 Å². The number of hydrogen-bond acceptors (Lipinski definition) is 4. The fourth-order valence-electron chi connectivity index (χ4n) is 2.58. The lowest BCUT2D eigenvalue weighted by Crippen LogP contribution is -2.20. The zero-order valence-electron chi connectivity index (χ0n) is 13.9. The number of rotatable bonds is 5. The molecule has 1 unspecified atom stereocenters. The molecule has 2 rings (SSSR count). The van der Waals surface area contributed by atoms with Crippen molar-refractivity contribution in [3.63, 3.8) is 0 Å². The summed E-state index contributed by atoms with van der Waals surface area (Å²) >= 11 is 0. The average Bonchev–Trinajstić information content (AvgIpc) is 2.64. The molecular formula is C16H25N5. The lowest BCUT2D eigenvalue weighted by molar-refractivity contribution is 0.726. The highest BCUT2D eigenvalue weighted by Crippen LogP contribution is 2.16. The van der Waals surface area contributed by atoms with Crippen LogP contribution in [0, 0.1) is 20.8 Å². The Morgan fingerprint density at radius 3 is 2.52 bits per heavy atom. The summed E-state index contributed by atoms with van der Waals surface area (Å²) in [5.74, 6) is 1.80. The zero-order valence-corrected chi connectivity index (χ0v) is 13.9. The summed E-state index contributed by atoms with van der Waals surface area (Å²) in [5, 5.41) is 7.96. The molecule has 21 heavy (non-hydrogen) atoms. The van der Waals surface area contributed by atoms with Gasteiger partial charge >= 0.3 is 0 Å². The van der Waals surface area contributed by atoms with Crippen molar-refractivity contribution < 1.29 is 0 Å². The van der Waals surface area contributed by atoms with Crippen LogP contribution in [0.5, 0.6) is 0 Å². The van der Waals surface area contributed by atoms with Crippen molar-refractivity contribution in [1.29, 1.82) is 0 Å². The van der Waals surface area contributed by atoms with Crippen LogP contribution in [0.1, 0.15) is 42.3 Å². The van der Waals surface area contributed by atoms with Gasteiger partial charge in [0.1, 0.15) is 11.6 Å². The summed E-state index contributed by atoms with van der Waals surface area (Å²) in [6.45, 7) is 10.4. The first-order valence-corrected chi connectivity index (χ1v) is 7.50. The molecule has 5 heteroatoms. The van der Waals surface area contributed by atoms with Crippen LogP contribution in [0.3, 0.4) is 0 Å². The molecule has 0 spiro atoms. The van der Waals surface area contributed by atoms with Gasteiger partial charge in [-0.05, 0) is 39.7 Å². The van der Waals surface area contributed by atoms with E-state index in [-0.39, 0.29) is 0 Å². The van der Waals surface area contributed by atoms with Crippen LogP contribution in [0.4, 0.5) is 5.82 Å². The highest BCUT2D eigenvalue weighted by molar-refractivity contribution is 5.38. The first-order chi connectivity index (χ1) is 9.90. The molecule has 0 saturated heterocycles. The number of aryl methyl sites for hydroxylation is 4. The zero-order chi connectivity index (χ0) is 15.6. The third kappa shape index (κ3) is 3.60. The van der Waals surface area contributed by atoms with Crippen LogP contribution in [-0.2, 0) is 19.9 Å². The topological polar surface area (TPSA) is 55.6 Å².